The van der Waals surface area contributed by atoms with Crippen molar-refractivity contribution >= 4 is 11.9 Å². The molecule has 7 heteroatoms. The highest BCUT2D eigenvalue weighted by Gasteiger charge is 2.06. The fraction of sp³-hybridized carbons (Fsp3) is 0.250. The van der Waals surface area contributed by atoms with Crippen molar-refractivity contribution in [1.29, 1.82) is 0 Å². The number of para-hydroxylation sites is 1. The Kier molecular flexibility index (Phi) is 3.97. The summed E-state index contributed by atoms with van der Waals surface area (Å²) < 4.78 is 10.2. The van der Waals surface area contributed by atoms with Crippen LogP contribution < -0.4 is 20.5 Å². The van der Waals surface area contributed by atoms with Gasteiger partial charge in [0.15, 0.2) is 0 Å². The summed E-state index contributed by atoms with van der Waals surface area (Å²) in [7, 11) is 3.10. The largest absolute Gasteiger partial charge is 0.496 e. The first-order valence-electron chi connectivity index (χ1n) is 5.64. The summed E-state index contributed by atoms with van der Waals surface area (Å²) in [5, 5.41) is 3.05. The summed E-state index contributed by atoms with van der Waals surface area (Å²) >= 11 is 0. The smallest absolute Gasteiger partial charge is 0.322 e. The van der Waals surface area contributed by atoms with Crippen LogP contribution >= 0.6 is 0 Å². The molecule has 1 aromatic carbocycles. The highest BCUT2D eigenvalue weighted by molar-refractivity contribution is 5.38. The lowest BCUT2D eigenvalue weighted by molar-refractivity contribution is 0.379. The van der Waals surface area contributed by atoms with Crippen molar-refractivity contribution in [3.63, 3.8) is 0 Å². The Bertz CT molecular complexity index is 562. The van der Waals surface area contributed by atoms with Crippen LogP contribution in [0.2, 0.25) is 0 Å². The average Bonchev–Trinajstić information content (AvgIpc) is 2.44. The SMILES string of the molecule is COc1nc(N)nc(NCc2ccccc2OC)n1. The molecule has 2 aromatic rings. The molecule has 0 saturated heterocycles. The van der Waals surface area contributed by atoms with Gasteiger partial charge in [0.2, 0.25) is 11.9 Å². The maximum atomic E-state index is 5.55. The maximum absolute atomic E-state index is 5.55. The van der Waals surface area contributed by atoms with Gasteiger partial charge in [0, 0.05) is 12.1 Å². The topological polar surface area (TPSA) is 95.2 Å². The zero-order valence-electron chi connectivity index (χ0n) is 10.8. The van der Waals surface area contributed by atoms with Gasteiger partial charge in [0.25, 0.3) is 0 Å². The normalized spacial score (nSPS) is 10.0. The summed E-state index contributed by atoms with van der Waals surface area (Å²) in [5.41, 5.74) is 6.54. The van der Waals surface area contributed by atoms with E-state index in [9.17, 15) is 0 Å². The molecule has 0 bridgehead atoms. The van der Waals surface area contributed by atoms with E-state index in [0.717, 1.165) is 11.3 Å². The number of hydrogen-bond acceptors (Lipinski definition) is 7. The number of nitrogens with two attached hydrogens (primary N) is 1. The Labute approximate surface area is 110 Å². The first kappa shape index (κ1) is 12.9. The van der Waals surface area contributed by atoms with Crippen molar-refractivity contribution in [2.45, 2.75) is 6.54 Å². The van der Waals surface area contributed by atoms with E-state index in [1.165, 1.54) is 7.11 Å². The predicted molar refractivity (Wildman–Crippen MR) is 71.1 cm³/mol. The Hall–Kier alpha value is -2.57. The first-order chi connectivity index (χ1) is 9.22. The number of methoxy groups -OCH3 is 2. The zero-order valence-corrected chi connectivity index (χ0v) is 10.8. The first-order valence-corrected chi connectivity index (χ1v) is 5.64. The number of ether oxygens (including phenoxy) is 2. The van der Waals surface area contributed by atoms with Crippen LogP contribution in [0.25, 0.3) is 0 Å². The summed E-state index contributed by atoms with van der Waals surface area (Å²) in [4.78, 5) is 11.8. The third kappa shape index (κ3) is 3.21. The molecule has 19 heavy (non-hydrogen) atoms. The number of nitrogens with one attached hydrogen (secondary N) is 1. The van der Waals surface area contributed by atoms with Gasteiger partial charge in [0.05, 0.1) is 14.2 Å². The lowest BCUT2D eigenvalue weighted by Gasteiger charge is -2.09. The van der Waals surface area contributed by atoms with E-state index >= 15 is 0 Å². The molecule has 0 saturated carbocycles. The molecular formula is C12H15N5O2. The average molecular weight is 261 g/mol. The molecule has 100 valence electrons. The Morgan fingerprint density at radius 3 is 2.63 bits per heavy atom. The molecule has 1 aromatic heterocycles. The highest BCUT2D eigenvalue weighted by Crippen LogP contribution is 2.18. The van der Waals surface area contributed by atoms with Crippen molar-refractivity contribution in [1.82, 2.24) is 15.0 Å². The van der Waals surface area contributed by atoms with Crippen molar-refractivity contribution in [2.75, 3.05) is 25.3 Å². The number of aromatic nitrogens is 3. The third-order valence-electron chi connectivity index (χ3n) is 2.44. The van der Waals surface area contributed by atoms with E-state index in [1.807, 2.05) is 24.3 Å². The fourth-order valence-corrected chi connectivity index (χ4v) is 1.57. The standard InChI is InChI=1S/C12H15N5O2/c1-18-9-6-4-3-5-8(9)7-14-11-15-10(13)16-12(17-11)19-2/h3-6H,7H2,1-2H3,(H3,13,14,15,16,17). The number of anilines is 2. The molecule has 0 fully saturated rings. The molecule has 0 radical (unpaired) electrons. The summed E-state index contributed by atoms with van der Waals surface area (Å²) in [6.45, 7) is 0.511. The van der Waals surface area contributed by atoms with Gasteiger partial charge in [-0.15, -0.1) is 0 Å². The van der Waals surface area contributed by atoms with Crippen molar-refractivity contribution in [3.05, 3.63) is 29.8 Å². The molecule has 0 aliphatic rings. The van der Waals surface area contributed by atoms with Crippen LogP contribution in [0.1, 0.15) is 5.56 Å². The minimum Gasteiger partial charge on any atom is -0.496 e. The lowest BCUT2D eigenvalue weighted by atomic mass is 10.2. The second kappa shape index (κ2) is 5.85. The Morgan fingerprint density at radius 1 is 1.11 bits per heavy atom. The molecule has 0 aliphatic carbocycles. The second-order valence-electron chi connectivity index (χ2n) is 3.67. The molecule has 7 nitrogen and oxygen atoms in total. The van der Waals surface area contributed by atoms with Crippen LogP contribution in [0.5, 0.6) is 11.8 Å². The van der Waals surface area contributed by atoms with Gasteiger partial charge in [-0.2, -0.15) is 15.0 Å². The van der Waals surface area contributed by atoms with E-state index in [2.05, 4.69) is 20.3 Å². The number of benzene rings is 1. The maximum Gasteiger partial charge on any atom is 0.322 e. The minimum atomic E-state index is 0.106. The molecule has 0 spiro atoms. The summed E-state index contributed by atoms with van der Waals surface area (Å²) in [5.74, 6) is 1.26. The van der Waals surface area contributed by atoms with Crippen molar-refractivity contribution < 1.29 is 9.47 Å². The number of nitrogen functional groups attached to an aromatic ring is 1. The van der Waals surface area contributed by atoms with E-state index in [4.69, 9.17) is 15.2 Å². The molecule has 2 rings (SSSR count). The van der Waals surface area contributed by atoms with Crippen LogP contribution in [0.15, 0.2) is 24.3 Å². The number of nitrogens with zero attached hydrogens (tertiary/aromatic N) is 3. The highest BCUT2D eigenvalue weighted by atomic mass is 16.5. The van der Waals surface area contributed by atoms with Crippen LogP contribution in [0, 0.1) is 0 Å². The van der Waals surface area contributed by atoms with Gasteiger partial charge in [0.1, 0.15) is 5.75 Å². The zero-order chi connectivity index (χ0) is 13.7. The summed E-state index contributed by atoms with van der Waals surface area (Å²) in [6.07, 6.45) is 0. The van der Waals surface area contributed by atoms with Crippen LogP contribution in [-0.4, -0.2) is 29.2 Å². The number of hydrogen-bond donors (Lipinski definition) is 2. The van der Waals surface area contributed by atoms with Crippen LogP contribution in [-0.2, 0) is 6.54 Å². The second-order valence-corrected chi connectivity index (χ2v) is 3.67. The third-order valence-corrected chi connectivity index (χ3v) is 2.44. The predicted octanol–water partition coefficient (Wildman–Crippen LogP) is 1.08. The molecule has 0 atom stereocenters. The Morgan fingerprint density at radius 2 is 1.89 bits per heavy atom. The van der Waals surface area contributed by atoms with Gasteiger partial charge in [-0.1, -0.05) is 18.2 Å². The van der Waals surface area contributed by atoms with Crippen LogP contribution in [0.4, 0.5) is 11.9 Å². The lowest BCUT2D eigenvalue weighted by Crippen LogP contribution is -2.08. The van der Waals surface area contributed by atoms with E-state index in [1.54, 1.807) is 7.11 Å². The quantitative estimate of drug-likeness (QED) is 0.831. The van der Waals surface area contributed by atoms with Crippen LogP contribution in [0.3, 0.4) is 0 Å². The van der Waals surface area contributed by atoms with Gasteiger partial charge in [-0.25, -0.2) is 0 Å². The molecule has 0 amide bonds. The number of rotatable bonds is 5. The minimum absolute atomic E-state index is 0.106. The van der Waals surface area contributed by atoms with Gasteiger partial charge in [-0.3, -0.25) is 0 Å². The van der Waals surface area contributed by atoms with Gasteiger partial charge < -0.3 is 20.5 Å². The molecule has 3 N–H and O–H groups in total. The van der Waals surface area contributed by atoms with Crippen molar-refractivity contribution in [3.8, 4) is 11.8 Å². The van der Waals surface area contributed by atoms with E-state index in [-0.39, 0.29) is 12.0 Å². The molecule has 1 heterocycles. The van der Waals surface area contributed by atoms with E-state index in [0.29, 0.717) is 12.5 Å². The molecule has 0 aliphatic heterocycles. The van der Waals surface area contributed by atoms with E-state index < -0.39 is 0 Å². The summed E-state index contributed by atoms with van der Waals surface area (Å²) in [6, 6.07) is 7.86. The molecule has 0 unspecified atom stereocenters. The fourth-order valence-electron chi connectivity index (χ4n) is 1.57. The van der Waals surface area contributed by atoms with Gasteiger partial charge >= 0.3 is 6.01 Å². The molecular weight excluding hydrogens is 246 g/mol. The Balaban J connectivity index is 2.12. The van der Waals surface area contributed by atoms with Gasteiger partial charge in [-0.05, 0) is 6.07 Å². The monoisotopic (exact) mass is 261 g/mol. The van der Waals surface area contributed by atoms with Crippen molar-refractivity contribution in [2.24, 2.45) is 0 Å².